The number of aromatic nitrogens is 6. The third-order valence-electron chi connectivity index (χ3n) is 23.1. The van der Waals surface area contributed by atoms with Crippen molar-refractivity contribution in [1.82, 2.24) is 29.9 Å². The van der Waals surface area contributed by atoms with Crippen molar-refractivity contribution in [1.29, 1.82) is 0 Å². The van der Waals surface area contributed by atoms with E-state index < -0.39 is 24.2 Å². The van der Waals surface area contributed by atoms with Crippen LogP contribution in [0.15, 0.2) is 400 Å². The quantitative estimate of drug-likeness (QED) is 0.0683. The standard InChI is InChI=1S/C26H24NOSi.C24H28NOSi.C21H22NOSi.C17H10NO.2C17H10NS.3Ir/c1-29(2,3)26-19-27-25(18-24(26)20-11-6-4-7-12-20)21-13-10-16-23(17-21)28-22-14-8-5-9-15-22;1-24(2,3)21-16-22(25-17-23(21)27(4,5)6)18-11-10-14-20(15-18)26-19-12-8-7-9-13-19;1-16-13-20(22-15-21(16)24(2,3)4)17-9-8-12-19(14-17)23-18-10-6-5-7-11-18;3*1-2-7-16-13(5-1)14-9-8-12(11-17(14)19-16)15-6-3-4-10-18-15;;;/h4-12,14-19H,1-3H3;7-10,12-17H,1-6H3;5-8,10-15H,1-4H3;3*1-7,9-11H;;;/q6*-1;;;. The number of thiophene rings is 2. The molecule has 0 atom stereocenters. The van der Waals surface area contributed by atoms with Gasteiger partial charge in [0.15, 0.2) is 0 Å². The maximum atomic E-state index is 5.99. The molecule has 22 rings (SSSR count). The average molecular weight is 2440 g/mol. The Kier molecular flexibility index (Phi) is 34.4. The molecule has 9 aromatic heterocycles. The SMILES string of the molecule is CC(C)(C)c1cc(-c2[c-]ccc(Oc3ccccc3)c2)ncc1[Si](C)(C)C.C[Si](C)(C)c1cnc(-c2[c-]ccc(Oc3ccccc3)c2)cc1-c1ccccc1.Cc1cc(-c2[c-]ccc(Oc3ccccc3)c2)ncc1[Si](C)(C)C.[Ir].[Ir].[Ir].[c-]1cc2c(cc1-c1ccccn1)oc1ccccc12.[c-]1cc2c(cc1-c1ccccn1)sc1ccccc12.[c-]1cc2c(cc1-c1ccccn1)sc1ccccc12. The predicted octanol–water partition coefficient (Wildman–Crippen LogP) is 32.2. The molecule has 0 amide bonds. The Labute approximate surface area is 873 Å². The number of hydrogen-bond donors (Lipinski definition) is 0. The van der Waals surface area contributed by atoms with Crippen LogP contribution in [0.2, 0.25) is 58.9 Å². The molecule has 0 aliphatic rings. The van der Waals surface area contributed by atoms with E-state index in [1.807, 2.05) is 272 Å². The molecule has 0 bridgehead atoms. The number of nitrogens with zero attached hydrogens (tertiary/aromatic N) is 6. The van der Waals surface area contributed by atoms with Gasteiger partial charge in [-0.15, -0.1) is 155 Å². The van der Waals surface area contributed by atoms with Gasteiger partial charge in [0.05, 0.1) is 29.8 Å². The molecule has 140 heavy (non-hydrogen) atoms. The normalized spacial score (nSPS) is 11.2. The molecular weight excluding hydrogens is 2340 g/mol. The third kappa shape index (κ3) is 26.0. The fourth-order valence-electron chi connectivity index (χ4n) is 16.2. The summed E-state index contributed by atoms with van der Waals surface area (Å²) in [6.45, 7) is 30.2. The van der Waals surface area contributed by atoms with Crippen molar-refractivity contribution >= 4 is 125 Å². The summed E-state index contributed by atoms with van der Waals surface area (Å²) in [6.07, 6.45) is 11.6. The van der Waals surface area contributed by atoms with Crippen molar-refractivity contribution in [3.63, 3.8) is 0 Å². The number of rotatable bonds is 16. The fourth-order valence-corrected chi connectivity index (χ4v) is 23.4. The van der Waals surface area contributed by atoms with Crippen LogP contribution in [-0.2, 0) is 65.7 Å². The molecule has 22 aromatic rings. The van der Waals surface area contributed by atoms with E-state index in [1.165, 1.54) is 78.2 Å². The van der Waals surface area contributed by atoms with Crippen molar-refractivity contribution < 1.29 is 78.9 Å². The van der Waals surface area contributed by atoms with Crippen LogP contribution < -0.4 is 29.8 Å². The van der Waals surface area contributed by atoms with Crippen LogP contribution in [0, 0.1) is 43.3 Å². The molecule has 0 aliphatic carbocycles. The zero-order valence-electron chi connectivity index (χ0n) is 80.2. The van der Waals surface area contributed by atoms with Gasteiger partial charge < -0.3 is 48.5 Å². The zero-order valence-corrected chi connectivity index (χ0v) is 92.0. The molecule has 0 N–H and O–H groups in total. The molecule has 0 fully saturated rings. The molecule has 0 unspecified atom stereocenters. The maximum absolute atomic E-state index is 5.99. The van der Waals surface area contributed by atoms with Crippen molar-refractivity contribution in [2.75, 3.05) is 0 Å². The number of furan rings is 1. The first-order valence-electron chi connectivity index (χ1n) is 45.9. The topological polar surface area (TPSA) is 118 Å². The van der Waals surface area contributed by atoms with Crippen LogP contribution in [0.4, 0.5) is 0 Å². The molecule has 9 heterocycles. The Hall–Kier alpha value is -13.0. The van der Waals surface area contributed by atoms with E-state index in [0.717, 1.165) is 124 Å². The molecule has 0 saturated heterocycles. The van der Waals surface area contributed by atoms with Crippen molar-refractivity contribution in [3.8, 4) is 113 Å². The van der Waals surface area contributed by atoms with Crippen molar-refractivity contribution in [3.05, 3.63) is 443 Å². The molecule has 10 nitrogen and oxygen atoms in total. The van der Waals surface area contributed by atoms with Crippen LogP contribution >= 0.6 is 22.7 Å². The van der Waals surface area contributed by atoms with Crippen LogP contribution in [0.3, 0.4) is 0 Å². The molecule has 703 valence electrons. The summed E-state index contributed by atoms with van der Waals surface area (Å²) < 4.78 is 29.0. The first-order valence-corrected chi connectivity index (χ1v) is 58.0. The molecule has 0 spiro atoms. The number of ether oxygens (including phenoxy) is 3. The van der Waals surface area contributed by atoms with Gasteiger partial charge in [-0.05, 0) is 177 Å². The second-order valence-electron chi connectivity index (χ2n) is 37.4. The fraction of sp³-hybridized carbons (Fsp3) is 0.115. The Bertz CT molecular complexity index is 7520. The van der Waals surface area contributed by atoms with E-state index in [2.05, 4.69) is 283 Å². The molecule has 0 saturated carbocycles. The van der Waals surface area contributed by atoms with Crippen molar-refractivity contribution in [2.45, 2.75) is 92.0 Å². The number of benzene rings is 13. The minimum Gasteiger partial charge on any atom is -0.477 e. The van der Waals surface area contributed by atoms with Gasteiger partial charge in [-0.1, -0.05) is 302 Å². The van der Waals surface area contributed by atoms with Gasteiger partial charge in [0, 0.05) is 124 Å². The van der Waals surface area contributed by atoms with Crippen LogP contribution in [0.5, 0.6) is 34.5 Å². The Balaban J connectivity index is 0.000000134. The number of para-hydroxylation sites is 4. The first-order chi connectivity index (χ1) is 66.3. The number of hydrogen-bond acceptors (Lipinski definition) is 12. The van der Waals surface area contributed by atoms with E-state index in [0.29, 0.717) is 0 Å². The summed E-state index contributed by atoms with van der Waals surface area (Å²) in [6, 6.07) is 139. The van der Waals surface area contributed by atoms with Gasteiger partial charge in [0.25, 0.3) is 0 Å². The Morgan fingerprint density at radius 1 is 0.279 bits per heavy atom. The Morgan fingerprint density at radius 3 is 1.04 bits per heavy atom. The smallest absolute Gasteiger partial charge is 0.124 e. The molecule has 18 heteroatoms. The van der Waals surface area contributed by atoms with E-state index in [4.69, 9.17) is 28.6 Å². The second-order valence-corrected chi connectivity index (χ2v) is 54.6. The summed E-state index contributed by atoms with van der Waals surface area (Å²) in [5.74, 6) is 4.84. The minimum atomic E-state index is -1.54. The van der Waals surface area contributed by atoms with E-state index in [1.54, 1.807) is 6.20 Å². The average Bonchev–Trinajstić information content (AvgIpc) is 1.75. The summed E-state index contributed by atoms with van der Waals surface area (Å²) in [7, 11) is -4.38. The number of pyridine rings is 6. The summed E-state index contributed by atoms with van der Waals surface area (Å²) in [5, 5.41) is 11.6. The van der Waals surface area contributed by atoms with E-state index in [-0.39, 0.29) is 65.7 Å². The van der Waals surface area contributed by atoms with Gasteiger partial charge in [-0.2, -0.15) is 22.7 Å². The Morgan fingerprint density at radius 2 is 0.629 bits per heavy atom. The van der Waals surface area contributed by atoms with Gasteiger partial charge >= 0.3 is 0 Å². The van der Waals surface area contributed by atoms with Crippen LogP contribution in [0.25, 0.3) is 141 Å². The molecule has 13 aromatic carbocycles. The number of aryl methyl sites for hydroxylation is 1. The molecule has 0 aliphatic heterocycles. The van der Waals surface area contributed by atoms with E-state index in [9.17, 15) is 0 Å². The van der Waals surface area contributed by atoms with Gasteiger partial charge in [-0.25, -0.2) is 0 Å². The third-order valence-corrected chi connectivity index (χ3v) is 31.5. The van der Waals surface area contributed by atoms with Crippen LogP contribution in [-0.4, -0.2) is 54.1 Å². The second kappa shape index (κ2) is 46.8. The zero-order chi connectivity index (χ0) is 95.1. The van der Waals surface area contributed by atoms with Crippen LogP contribution in [0.1, 0.15) is 31.9 Å². The summed E-state index contributed by atoms with van der Waals surface area (Å²) in [4.78, 5) is 27.4. The first kappa shape index (κ1) is 103. The van der Waals surface area contributed by atoms with Crippen molar-refractivity contribution in [2.24, 2.45) is 0 Å². The summed E-state index contributed by atoms with van der Waals surface area (Å²) >= 11 is 3.65. The molecule has 3 radical (unpaired) electrons. The largest absolute Gasteiger partial charge is 0.477 e. The monoisotopic (exact) mass is 2440 g/mol. The van der Waals surface area contributed by atoms with Gasteiger partial charge in [0.2, 0.25) is 0 Å². The van der Waals surface area contributed by atoms with E-state index >= 15 is 0 Å². The minimum absolute atomic E-state index is 0. The predicted molar refractivity (Wildman–Crippen MR) is 581 cm³/mol. The molecular formula is C122H104Ir3N6O4S2Si3-6. The van der Waals surface area contributed by atoms with Gasteiger partial charge in [0.1, 0.15) is 22.8 Å². The summed E-state index contributed by atoms with van der Waals surface area (Å²) in [5.41, 5.74) is 18.6. The number of fused-ring (bicyclic) bond motifs is 9. The maximum Gasteiger partial charge on any atom is 0.124 e. The van der Waals surface area contributed by atoms with Gasteiger partial charge in [-0.3, -0.25) is 0 Å².